The van der Waals surface area contributed by atoms with E-state index in [1.54, 1.807) is 0 Å². The SMILES string of the molecule is CCC(c1ccccc1)C1CCCN1C(=O)c1cccc(C)c1. The van der Waals surface area contributed by atoms with Crippen molar-refractivity contribution >= 4 is 5.91 Å². The van der Waals surface area contributed by atoms with Crippen molar-refractivity contribution in [3.8, 4) is 0 Å². The predicted molar refractivity (Wildman–Crippen MR) is 94.7 cm³/mol. The van der Waals surface area contributed by atoms with Gasteiger partial charge in [0.2, 0.25) is 0 Å². The normalized spacial score (nSPS) is 18.9. The maximum Gasteiger partial charge on any atom is 0.254 e. The zero-order valence-electron chi connectivity index (χ0n) is 14.0. The summed E-state index contributed by atoms with van der Waals surface area (Å²) >= 11 is 0. The van der Waals surface area contributed by atoms with Crippen LogP contribution in [0.4, 0.5) is 0 Å². The topological polar surface area (TPSA) is 20.3 Å². The molecule has 1 saturated heterocycles. The molecule has 2 nitrogen and oxygen atoms in total. The Kier molecular flexibility index (Phi) is 4.80. The highest BCUT2D eigenvalue weighted by molar-refractivity contribution is 5.94. The highest BCUT2D eigenvalue weighted by Crippen LogP contribution is 2.34. The lowest BCUT2D eigenvalue weighted by Crippen LogP contribution is -2.39. The number of amides is 1. The van der Waals surface area contributed by atoms with Gasteiger partial charge in [0, 0.05) is 24.1 Å². The van der Waals surface area contributed by atoms with Crippen LogP contribution in [0.5, 0.6) is 0 Å². The molecule has 0 aromatic heterocycles. The van der Waals surface area contributed by atoms with E-state index in [1.807, 2.05) is 31.2 Å². The molecule has 0 spiro atoms. The summed E-state index contributed by atoms with van der Waals surface area (Å²) < 4.78 is 0. The largest absolute Gasteiger partial charge is 0.335 e. The van der Waals surface area contributed by atoms with Crippen molar-refractivity contribution in [1.29, 1.82) is 0 Å². The second-order valence-electron chi connectivity index (χ2n) is 6.50. The first-order chi connectivity index (χ1) is 11.2. The third kappa shape index (κ3) is 3.31. The number of likely N-dealkylation sites (tertiary alicyclic amines) is 1. The molecule has 0 N–H and O–H groups in total. The van der Waals surface area contributed by atoms with E-state index in [4.69, 9.17) is 0 Å². The van der Waals surface area contributed by atoms with Crippen LogP contribution in [0.15, 0.2) is 54.6 Å². The van der Waals surface area contributed by atoms with Crippen LogP contribution in [-0.4, -0.2) is 23.4 Å². The summed E-state index contributed by atoms with van der Waals surface area (Å²) in [6.07, 6.45) is 3.27. The molecule has 2 aromatic rings. The molecular formula is C21H25NO. The molecule has 1 aliphatic rings. The number of rotatable bonds is 4. The lowest BCUT2D eigenvalue weighted by molar-refractivity contribution is 0.0714. The van der Waals surface area contributed by atoms with E-state index in [9.17, 15) is 4.79 Å². The predicted octanol–water partition coefficient (Wildman–Crippen LogP) is 4.79. The van der Waals surface area contributed by atoms with Gasteiger partial charge in [-0.1, -0.05) is 55.0 Å². The Morgan fingerprint density at radius 3 is 2.65 bits per heavy atom. The van der Waals surface area contributed by atoms with Gasteiger partial charge in [-0.05, 0) is 43.9 Å². The Hall–Kier alpha value is -2.09. The van der Waals surface area contributed by atoms with E-state index in [0.29, 0.717) is 12.0 Å². The zero-order chi connectivity index (χ0) is 16.2. The lowest BCUT2D eigenvalue weighted by atomic mass is 9.87. The minimum atomic E-state index is 0.186. The summed E-state index contributed by atoms with van der Waals surface area (Å²) in [6.45, 7) is 5.14. The van der Waals surface area contributed by atoms with E-state index in [0.717, 1.165) is 36.9 Å². The molecular weight excluding hydrogens is 282 g/mol. The van der Waals surface area contributed by atoms with E-state index >= 15 is 0 Å². The zero-order valence-corrected chi connectivity index (χ0v) is 14.0. The van der Waals surface area contributed by atoms with Crippen LogP contribution in [0.2, 0.25) is 0 Å². The van der Waals surface area contributed by atoms with Gasteiger partial charge in [0.15, 0.2) is 0 Å². The third-order valence-corrected chi connectivity index (χ3v) is 4.96. The van der Waals surface area contributed by atoms with Crippen molar-refractivity contribution in [2.45, 2.75) is 45.1 Å². The molecule has 0 aliphatic carbocycles. The maximum atomic E-state index is 13.0. The average molecular weight is 307 g/mol. The van der Waals surface area contributed by atoms with Crippen molar-refractivity contribution in [3.63, 3.8) is 0 Å². The van der Waals surface area contributed by atoms with Gasteiger partial charge in [0.25, 0.3) is 5.91 Å². The first-order valence-electron chi connectivity index (χ1n) is 8.63. The summed E-state index contributed by atoms with van der Waals surface area (Å²) in [7, 11) is 0. The van der Waals surface area contributed by atoms with Gasteiger partial charge in [-0.25, -0.2) is 0 Å². The molecule has 2 aromatic carbocycles. The smallest absolute Gasteiger partial charge is 0.254 e. The van der Waals surface area contributed by atoms with Crippen molar-refractivity contribution < 1.29 is 4.79 Å². The summed E-state index contributed by atoms with van der Waals surface area (Å²) in [5, 5.41) is 0. The van der Waals surface area contributed by atoms with E-state index < -0.39 is 0 Å². The molecule has 1 amide bonds. The fourth-order valence-electron chi connectivity index (χ4n) is 3.84. The average Bonchev–Trinajstić information content (AvgIpc) is 3.05. The summed E-state index contributed by atoms with van der Waals surface area (Å²) in [6, 6.07) is 18.9. The van der Waals surface area contributed by atoms with Gasteiger partial charge < -0.3 is 4.90 Å². The van der Waals surface area contributed by atoms with Crippen molar-refractivity contribution in [1.82, 2.24) is 4.90 Å². The number of hydrogen-bond donors (Lipinski definition) is 0. The van der Waals surface area contributed by atoms with Crippen molar-refractivity contribution in [2.24, 2.45) is 0 Å². The van der Waals surface area contributed by atoms with Crippen LogP contribution in [-0.2, 0) is 0 Å². The Bertz CT molecular complexity index is 665. The molecule has 3 rings (SSSR count). The number of nitrogens with zero attached hydrogens (tertiary/aromatic N) is 1. The van der Waals surface area contributed by atoms with Gasteiger partial charge in [0.05, 0.1) is 0 Å². The summed E-state index contributed by atoms with van der Waals surface area (Å²) in [5.41, 5.74) is 3.31. The minimum absolute atomic E-state index is 0.186. The van der Waals surface area contributed by atoms with Crippen LogP contribution in [0.1, 0.15) is 53.6 Å². The molecule has 2 heteroatoms. The number of carbonyl (C=O) groups is 1. The van der Waals surface area contributed by atoms with Gasteiger partial charge in [-0.3, -0.25) is 4.79 Å². The van der Waals surface area contributed by atoms with E-state index in [-0.39, 0.29) is 5.91 Å². The first-order valence-corrected chi connectivity index (χ1v) is 8.63. The molecule has 0 saturated carbocycles. The Labute approximate surface area is 139 Å². The van der Waals surface area contributed by atoms with E-state index in [1.165, 1.54) is 5.56 Å². The highest BCUT2D eigenvalue weighted by atomic mass is 16.2. The van der Waals surface area contributed by atoms with Gasteiger partial charge in [0.1, 0.15) is 0 Å². The Morgan fingerprint density at radius 2 is 1.96 bits per heavy atom. The Balaban J connectivity index is 1.86. The van der Waals surface area contributed by atoms with Gasteiger partial charge in [-0.2, -0.15) is 0 Å². The molecule has 1 heterocycles. The monoisotopic (exact) mass is 307 g/mol. The van der Waals surface area contributed by atoms with Crippen LogP contribution in [0, 0.1) is 6.92 Å². The van der Waals surface area contributed by atoms with Crippen LogP contribution in [0.25, 0.3) is 0 Å². The molecule has 1 aliphatic heterocycles. The molecule has 0 radical (unpaired) electrons. The fourth-order valence-corrected chi connectivity index (χ4v) is 3.84. The summed E-state index contributed by atoms with van der Waals surface area (Å²) in [5.74, 6) is 0.609. The number of aryl methyl sites for hydroxylation is 1. The first kappa shape index (κ1) is 15.8. The van der Waals surface area contributed by atoms with Crippen LogP contribution >= 0.6 is 0 Å². The second-order valence-corrected chi connectivity index (χ2v) is 6.50. The van der Waals surface area contributed by atoms with Crippen molar-refractivity contribution in [2.75, 3.05) is 6.54 Å². The van der Waals surface area contributed by atoms with Gasteiger partial charge in [-0.15, -0.1) is 0 Å². The molecule has 0 bridgehead atoms. The van der Waals surface area contributed by atoms with Crippen LogP contribution in [0.3, 0.4) is 0 Å². The second kappa shape index (κ2) is 6.99. The van der Waals surface area contributed by atoms with Crippen LogP contribution < -0.4 is 0 Å². The standard InChI is InChI=1S/C21H25NO/c1-3-19(17-10-5-4-6-11-17)20-13-8-14-22(20)21(23)18-12-7-9-16(2)15-18/h4-7,9-12,15,19-20H,3,8,13-14H2,1-2H3. The molecule has 2 atom stereocenters. The molecule has 1 fully saturated rings. The molecule has 23 heavy (non-hydrogen) atoms. The highest BCUT2D eigenvalue weighted by Gasteiger charge is 2.34. The fraction of sp³-hybridized carbons (Fsp3) is 0.381. The number of carbonyl (C=O) groups excluding carboxylic acids is 1. The maximum absolute atomic E-state index is 13.0. The van der Waals surface area contributed by atoms with Gasteiger partial charge >= 0.3 is 0 Å². The van der Waals surface area contributed by atoms with E-state index in [2.05, 4.69) is 42.2 Å². The summed E-state index contributed by atoms with van der Waals surface area (Å²) in [4.78, 5) is 15.1. The quantitative estimate of drug-likeness (QED) is 0.795. The van der Waals surface area contributed by atoms with Crippen molar-refractivity contribution in [3.05, 3.63) is 71.3 Å². The number of hydrogen-bond acceptors (Lipinski definition) is 1. The molecule has 120 valence electrons. The number of benzene rings is 2. The third-order valence-electron chi connectivity index (χ3n) is 4.96. The Morgan fingerprint density at radius 1 is 1.17 bits per heavy atom. The molecule has 2 unspecified atom stereocenters. The lowest BCUT2D eigenvalue weighted by Gasteiger charge is -2.32. The minimum Gasteiger partial charge on any atom is -0.335 e.